The van der Waals surface area contributed by atoms with Crippen LogP contribution in [0.3, 0.4) is 0 Å². The quantitative estimate of drug-likeness (QED) is 0.765. The first-order valence-corrected chi connectivity index (χ1v) is 6.21. The number of rotatable bonds is 2. The summed E-state index contributed by atoms with van der Waals surface area (Å²) < 4.78 is 21.8. The Labute approximate surface area is 89.4 Å². The van der Waals surface area contributed by atoms with E-state index in [0.29, 0.717) is 4.88 Å². The molecule has 9 heteroatoms. The fourth-order valence-electron chi connectivity index (χ4n) is 0.949. The maximum Gasteiger partial charge on any atom is 0.273 e. The standard InChI is InChI=1S/C6H7N5O2S2/c1-3-8-2-4(14-3)5-9-6(11-10-5)15(7,12)13/h2H,1H3,(H2,7,12,13)(H,9,10,11). The van der Waals surface area contributed by atoms with Gasteiger partial charge in [0.1, 0.15) is 0 Å². The van der Waals surface area contributed by atoms with Crippen LogP contribution in [-0.2, 0) is 10.0 Å². The maximum atomic E-state index is 10.9. The van der Waals surface area contributed by atoms with Crippen LogP contribution in [-0.4, -0.2) is 28.6 Å². The molecule has 7 nitrogen and oxygen atoms in total. The van der Waals surface area contributed by atoms with E-state index in [9.17, 15) is 8.42 Å². The summed E-state index contributed by atoms with van der Waals surface area (Å²) in [6.07, 6.45) is 1.58. The van der Waals surface area contributed by atoms with Gasteiger partial charge >= 0.3 is 0 Å². The first kappa shape index (κ1) is 10.2. The average molecular weight is 245 g/mol. The second-order valence-electron chi connectivity index (χ2n) is 2.75. The van der Waals surface area contributed by atoms with Crippen LogP contribution in [0.5, 0.6) is 0 Å². The van der Waals surface area contributed by atoms with E-state index in [-0.39, 0.29) is 11.0 Å². The number of nitrogens with one attached hydrogen (secondary N) is 1. The largest absolute Gasteiger partial charge is 0.273 e. The minimum Gasteiger partial charge on any atom is -0.249 e. The fourth-order valence-corrected chi connectivity index (χ4v) is 2.05. The fraction of sp³-hybridized carbons (Fsp3) is 0.167. The van der Waals surface area contributed by atoms with E-state index in [1.54, 1.807) is 6.20 Å². The number of hydrogen-bond donors (Lipinski definition) is 2. The first-order valence-electron chi connectivity index (χ1n) is 3.85. The van der Waals surface area contributed by atoms with Crippen LogP contribution in [0.2, 0.25) is 0 Å². The summed E-state index contributed by atoms with van der Waals surface area (Å²) in [6.45, 7) is 1.83. The Bertz CT molecular complexity index is 584. The number of sulfonamides is 1. The third-order valence-corrected chi connectivity index (χ3v) is 3.21. The zero-order chi connectivity index (χ0) is 11.1. The van der Waals surface area contributed by atoms with E-state index in [1.165, 1.54) is 11.3 Å². The van der Waals surface area contributed by atoms with Gasteiger partial charge in [-0.25, -0.2) is 23.6 Å². The highest BCUT2D eigenvalue weighted by atomic mass is 32.2. The lowest BCUT2D eigenvalue weighted by atomic mass is 10.5. The van der Waals surface area contributed by atoms with Crippen LogP contribution in [0, 0.1) is 6.92 Å². The topological polar surface area (TPSA) is 115 Å². The number of aromatic nitrogens is 4. The second kappa shape index (κ2) is 3.36. The van der Waals surface area contributed by atoms with Gasteiger partial charge in [-0.2, -0.15) is 10.1 Å². The van der Waals surface area contributed by atoms with Gasteiger partial charge in [-0.15, -0.1) is 11.3 Å². The van der Waals surface area contributed by atoms with Crippen LogP contribution in [0.25, 0.3) is 10.7 Å². The molecule has 0 radical (unpaired) electrons. The Morgan fingerprint density at radius 3 is 2.73 bits per heavy atom. The summed E-state index contributed by atoms with van der Waals surface area (Å²) >= 11 is 1.37. The van der Waals surface area contributed by atoms with Crippen molar-refractivity contribution in [2.45, 2.75) is 12.1 Å². The van der Waals surface area contributed by atoms with E-state index in [0.717, 1.165) is 5.01 Å². The molecule has 2 aromatic rings. The second-order valence-corrected chi connectivity index (χ2v) is 5.46. The number of aryl methyl sites for hydroxylation is 1. The van der Waals surface area contributed by atoms with Gasteiger partial charge in [0.05, 0.1) is 9.88 Å². The molecule has 0 saturated carbocycles. The molecule has 2 rings (SSSR count). The Kier molecular flexibility index (Phi) is 2.29. The van der Waals surface area contributed by atoms with Crippen molar-refractivity contribution in [1.29, 1.82) is 0 Å². The molecule has 3 N–H and O–H groups in total. The van der Waals surface area contributed by atoms with Gasteiger partial charge in [-0.1, -0.05) is 0 Å². The number of primary sulfonamides is 1. The number of hydrogen-bond acceptors (Lipinski definition) is 6. The molecule has 0 unspecified atom stereocenters. The lowest BCUT2D eigenvalue weighted by Crippen LogP contribution is -2.13. The van der Waals surface area contributed by atoms with E-state index in [1.807, 2.05) is 6.92 Å². The molecule has 2 aromatic heterocycles. The molecule has 0 aliphatic heterocycles. The van der Waals surface area contributed by atoms with Crippen molar-refractivity contribution < 1.29 is 8.42 Å². The van der Waals surface area contributed by atoms with Gasteiger partial charge in [0, 0.05) is 6.20 Å². The normalized spacial score (nSPS) is 11.9. The number of H-pyrrole nitrogens is 1. The Morgan fingerprint density at radius 2 is 2.27 bits per heavy atom. The van der Waals surface area contributed by atoms with E-state index in [4.69, 9.17) is 5.14 Å². The lowest BCUT2D eigenvalue weighted by Gasteiger charge is -1.86. The molecular formula is C6H7N5O2S2. The van der Waals surface area contributed by atoms with Crippen molar-refractivity contribution in [3.05, 3.63) is 11.2 Å². The zero-order valence-electron chi connectivity index (χ0n) is 7.63. The van der Waals surface area contributed by atoms with Crippen LogP contribution in [0.1, 0.15) is 5.01 Å². The molecule has 80 valence electrons. The Balaban J connectivity index is 2.44. The van der Waals surface area contributed by atoms with Crippen molar-refractivity contribution in [3.8, 4) is 10.7 Å². The van der Waals surface area contributed by atoms with Gasteiger partial charge in [-0.05, 0) is 6.92 Å². The SMILES string of the molecule is Cc1ncc(-c2n[nH]c(S(N)(=O)=O)n2)s1. The predicted octanol–water partition coefficient (Wildman–Crippen LogP) is -0.116. The number of aromatic amines is 1. The zero-order valence-corrected chi connectivity index (χ0v) is 9.26. The van der Waals surface area contributed by atoms with Gasteiger partial charge in [0.2, 0.25) is 0 Å². The summed E-state index contributed by atoms with van der Waals surface area (Å²) in [7, 11) is -3.83. The molecule has 0 bridgehead atoms. The highest BCUT2D eigenvalue weighted by molar-refractivity contribution is 7.89. The molecule has 0 aliphatic carbocycles. The first-order chi connectivity index (χ1) is 6.97. The third-order valence-electron chi connectivity index (χ3n) is 1.58. The van der Waals surface area contributed by atoms with Crippen molar-refractivity contribution >= 4 is 21.4 Å². The smallest absolute Gasteiger partial charge is 0.249 e. The molecule has 0 spiro atoms. The van der Waals surface area contributed by atoms with Crippen LogP contribution >= 0.6 is 11.3 Å². The minimum atomic E-state index is -3.83. The highest BCUT2D eigenvalue weighted by Gasteiger charge is 2.15. The Morgan fingerprint density at radius 1 is 1.53 bits per heavy atom. The third kappa shape index (κ3) is 2.03. The van der Waals surface area contributed by atoms with Crippen LogP contribution in [0.15, 0.2) is 11.4 Å². The summed E-state index contributed by atoms with van der Waals surface area (Å²) in [6, 6.07) is 0. The summed E-state index contributed by atoms with van der Waals surface area (Å²) in [5.74, 6) is 0.282. The minimum absolute atomic E-state index is 0.282. The van der Waals surface area contributed by atoms with Gasteiger partial charge in [-0.3, -0.25) is 0 Å². The number of thiazole rings is 1. The van der Waals surface area contributed by atoms with Crippen molar-refractivity contribution in [1.82, 2.24) is 20.2 Å². The molecule has 15 heavy (non-hydrogen) atoms. The van der Waals surface area contributed by atoms with Crippen molar-refractivity contribution in [2.75, 3.05) is 0 Å². The highest BCUT2D eigenvalue weighted by Crippen LogP contribution is 2.22. The van der Waals surface area contributed by atoms with Gasteiger partial charge in [0.25, 0.3) is 15.2 Å². The summed E-state index contributed by atoms with van der Waals surface area (Å²) in [5.41, 5.74) is 0. The summed E-state index contributed by atoms with van der Waals surface area (Å²) in [4.78, 5) is 8.46. The predicted molar refractivity (Wildman–Crippen MR) is 53.6 cm³/mol. The molecule has 0 saturated heterocycles. The number of nitrogens with two attached hydrogens (primary N) is 1. The maximum absolute atomic E-state index is 10.9. The molecule has 0 amide bonds. The molecule has 2 heterocycles. The number of nitrogens with zero attached hydrogens (tertiary/aromatic N) is 3. The monoisotopic (exact) mass is 245 g/mol. The van der Waals surface area contributed by atoms with Crippen molar-refractivity contribution in [3.63, 3.8) is 0 Å². The molecule has 0 aromatic carbocycles. The van der Waals surface area contributed by atoms with Gasteiger partial charge in [0.15, 0.2) is 5.82 Å². The average Bonchev–Trinajstić information content (AvgIpc) is 2.69. The van der Waals surface area contributed by atoms with Crippen molar-refractivity contribution in [2.24, 2.45) is 5.14 Å². The summed E-state index contributed by atoms with van der Waals surface area (Å²) in [5, 5.41) is 11.4. The molecular weight excluding hydrogens is 238 g/mol. The van der Waals surface area contributed by atoms with Crippen LogP contribution < -0.4 is 5.14 Å². The van der Waals surface area contributed by atoms with Gasteiger partial charge < -0.3 is 0 Å². The Hall–Kier alpha value is -1.32. The molecule has 0 aliphatic rings. The van der Waals surface area contributed by atoms with E-state index >= 15 is 0 Å². The lowest BCUT2D eigenvalue weighted by molar-refractivity contribution is 0.589. The molecule has 0 atom stereocenters. The molecule has 0 fully saturated rings. The van der Waals surface area contributed by atoms with E-state index in [2.05, 4.69) is 20.2 Å². The van der Waals surface area contributed by atoms with Crippen LogP contribution in [0.4, 0.5) is 0 Å². The van der Waals surface area contributed by atoms with E-state index < -0.39 is 10.0 Å².